The van der Waals surface area contributed by atoms with Crippen molar-refractivity contribution < 1.29 is 9.53 Å². The fourth-order valence-corrected chi connectivity index (χ4v) is 4.95. The van der Waals surface area contributed by atoms with Gasteiger partial charge in [0.25, 0.3) is 0 Å². The van der Waals surface area contributed by atoms with Crippen LogP contribution in [-0.2, 0) is 11.2 Å². The number of hydrogen-bond acceptors (Lipinski definition) is 3. The molecular formula is C22H28BN3O2. The van der Waals surface area contributed by atoms with Gasteiger partial charge in [-0.2, -0.15) is 0 Å². The van der Waals surface area contributed by atoms with Crippen LogP contribution in [-0.4, -0.2) is 40.5 Å². The number of imidazole rings is 1. The third-order valence-corrected chi connectivity index (χ3v) is 6.33. The van der Waals surface area contributed by atoms with Crippen molar-refractivity contribution in [3.8, 4) is 11.3 Å². The third-order valence-electron chi connectivity index (χ3n) is 6.33. The lowest BCUT2D eigenvalue weighted by atomic mass is 9.81. The third kappa shape index (κ3) is 2.85. The molecule has 1 amide bonds. The zero-order valence-corrected chi connectivity index (χ0v) is 17.4. The van der Waals surface area contributed by atoms with Crippen LogP contribution in [0.15, 0.2) is 18.2 Å². The quantitative estimate of drug-likeness (QED) is 0.778. The predicted octanol–water partition coefficient (Wildman–Crippen LogP) is 3.07. The standard InChI is InChI=1S/C22H28BN3O2/c1-11-7-16-19(14-6-5-13(23)10-15(11)14)25-20(24-16)18-9-12-8-17(12)26(18)21(27)28-22(2,3)4/h5-6,10-12,17-18H,7-9,23H2,1-4H3,(H,24,25)/t11?,12-,17-,18+/m1/s1. The Bertz CT molecular complexity index is 961. The number of piperidine rings is 1. The van der Waals surface area contributed by atoms with Crippen LogP contribution in [0, 0.1) is 5.92 Å². The Balaban J connectivity index is 1.49. The van der Waals surface area contributed by atoms with Crippen molar-refractivity contribution in [2.24, 2.45) is 5.92 Å². The van der Waals surface area contributed by atoms with Gasteiger partial charge in [0.1, 0.15) is 19.3 Å². The topological polar surface area (TPSA) is 58.2 Å². The minimum absolute atomic E-state index is 0.00611. The van der Waals surface area contributed by atoms with Gasteiger partial charge in [-0.25, -0.2) is 9.78 Å². The number of aromatic amines is 1. The second kappa shape index (κ2) is 5.88. The van der Waals surface area contributed by atoms with E-state index in [1.807, 2.05) is 25.7 Å². The molecule has 2 aliphatic carbocycles. The highest BCUT2D eigenvalue weighted by molar-refractivity contribution is 6.32. The summed E-state index contributed by atoms with van der Waals surface area (Å²) in [6, 6.07) is 6.98. The average Bonchev–Trinajstić information content (AvgIpc) is 3.06. The number of hydrogen-bond donors (Lipinski definition) is 1. The predicted molar refractivity (Wildman–Crippen MR) is 112 cm³/mol. The zero-order valence-electron chi connectivity index (χ0n) is 17.4. The monoisotopic (exact) mass is 377 g/mol. The molecule has 1 N–H and O–H groups in total. The molecule has 0 bridgehead atoms. The molecule has 3 aliphatic rings. The van der Waals surface area contributed by atoms with Crippen LogP contribution in [0.25, 0.3) is 11.3 Å². The number of carbonyl (C=O) groups is 1. The average molecular weight is 377 g/mol. The number of carbonyl (C=O) groups excluding carboxylic acids is 1. The van der Waals surface area contributed by atoms with Gasteiger partial charge in [-0.3, -0.25) is 4.90 Å². The highest BCUT2D eigenvalue weighted by Gasteiger charge is 2.56. The number of H-pyrrole nitrogens is 1. The molecule has 1 aromatic carbocycles. The van der Waals surface area contributed by atoms with Crippen LogP contribution in [0.3, 0.4) is 0 Å². The summed E-state index contributed by atoms with van der Waals surface area (Å²) in [7, 11) is 2.14. The first-order chi connectivity index (χ1) is 13.2. The van der Waals surface area contributed by atoms with Gasteiger partial charge < -0.3 is 9.72 Å². The molecule has 1 saturated heterocycles. The maximum atomic E-state index is 12.9. The van der Waals surface area contributed by atoms with E-state index in [0.717, 1.165) is 36.5 Å². The molecule has 2 fully saturated rings. The second-order valence-electron chi connectivity index (χ2n) is 9.84. The lowest BCUT2D eigenvalue weighted by Crippen LogP contribution is -2.38. The van der Waals surface area contributed by atoms with E-state index in [2.05, 4.69) is 38.0 Å². The molecular weight excluding hydrogens is 349 g/mol. The molecule has 5 rings (SSSR count). The van der Waals surface area contributed by atoms with Gasteiger partial charge in [0.05, 0.1) is 17.4 Å². The van der Waals surface area contributed by atoms with Crippen molar-refractivity contribution in [3.05, 3.63) is 35.3 Å². The highest BCUT2D eigenvalue weighted by Crippen LogP contribution is 2.54. The molecule has 28 heavy (non-hydrogen) atoms. The summed E-state index contributed by atoms with van der Waals surface area (Å²) in [6.07, 6.45) is 2.80. The second-order valence-corrected chi connectivity index (χ2v) is 9.84. The summed E-state index contributed by atoms with van der Waals surface area (Å²) in [5.41, 5.74) is 5.71. The molecule has 4 atom stereocenters. The molecule has 1 saturated carbocycles. The van der Waals surface area contributed by atoms with Crippen molar-refractivity contribution in [1.82, 2.24) is 14.9 Å². The summed E-state index contributed by atoms with van der Waals surface area (Å²) in [5, 5.41) is 0. The summed E-state index contributed by atoms with van der Waals surface area (Å²) in [4.78, 5) is 23.4. The van der Waals surface area contributed by atoms with Crippen molar-refractivity contribution >= 4 is 19.4 Å². The van der Waals surface area contributed by atoms with Crippen LogP contribution in [0.5, 0.6) is 0 Å². The number of benzene rings is 1. The summed E-state index contributed by atoms with van der Waals surface area (Å²) in [5.74, 6) is 1.97. The number of rotatable bonds is 1. The van der Waals surface area contributed by atoms with E-state index >= 15 is 0 Å². The maximum Gasteiger partial charge on any atom is 0.411 e. The highest BCUT2D eigenvalue weighted by atomic mass is 16.6. The van der Waals surface area contributed by atoms with E-state index in [-0.39, 0.29) is 12.1 Å². The number of likely N-dealkylation sites (tertiary alicyclic amines) is 1. The fraction of sp³-hybridized carbons (Fsp3) is 0.545. The molecule has 2 aromatic rings. The normalized spacial score (nSPS) is 27.8. The molecule has 2 heterocycles. The van der Waals surface area contributed by atoms with Gasteiger partial charge in [-0.05, 0) is 57.4 Å². The molecule has 1 aromatic heterocycles. The van der Waals surface area contributed by atoms with Crippen LogP contribution < -0.4 is 5.46 Å². The van der Waals surface area contributed by atoms with Crippen LogP contribution in [0.2, 0.25) is 0 Å². The van der Waals surface area contributed by atoms with Crippen LogP contribution >= 0.6 is 0 Å². The van der Waals surface area contributed by atoms with Crippen molar-refractivity contribution in [1.29, 1.82) is 0 Å². The number of nitrogens with one attached hydrogen (secondary N) is 1. The number of ether oxygens (including phenoxy) is 1. The smallest absolute Gasteiger partial charge is 0.411 e. The van der Waals surface area contributed by atoms with E-state index in [9.17, 15) is 4.79 Å². The van der Waals surface area contributed by atoms with E-state index in [1.54, 1.807) is 0 Å². The molecule has 1 unspecified atom stereocenters. The van der Waals surface area contributed by atoms with Crippen molar-refractivity contribution in [2.45, 2.75) is 70.6 Å². The summed E-state index contributed by atoms with van der Waals surface area (Å²) in [6.45, 7) is 8.04. The molecule has 5 nitrogen and oxygen atoms in total. The van der Waals surface area contributed by atoms with Gasteiger partial charge >= 0.3 is 6.09 Å². The Kier molecular flexibility index (Phi) is 3.75. The Labute approximate surface area is 167 Å². The molecule has 0 spiro atoms. The van der Waals surface area contributed by atoms with Gasteiger partial charge in [0.15, 0.2) is 0 Å². The number of aromatic nitrogens is 2. The summed E-state index contributed by atoms with van der Waals surface area (Å²) >= 11 is 0. The Morgan fingerprint density at radius 1 is 1.32 bits per heavy atom. The van der Waals surface area contributed by atoms with E-state index in [1.165, 1.54) is 16.6 Å². The Morgan fingerprint density at radius 2 is 2.11 bits per heavy atom. The zero-order chi connectivity index (χ0) is 19.8. The maximum absolute atomic E-state index is 12.9. The largest absolute Gasteiger partial charge is 0.444 e. The Morgan fingerprint density at radius 3 is 2.86 bits per heavy atom. The molecule has 1 aliphatic heterocycles. The molecule has 146 valence electrons. The first-order valence-electron chi connectivity index (χ1n) is 10.4. The minimum Gasteiger partial charge on any atom is -0.444 e. The van der Waals surface area contributed by atoms with E-state index < -0.39 is 5.60 Å². The fourth-order valence-electron chi connectivity index (χ4n) is 4.95. The lowest BCUT2D eigenvalue weighted by molar-refractivity contribution is 0.0175. The minimum atomic E-state index is -0.483. The number of amides is 1. The molecule has 0 radical (unpaired) electrons. The van der Waals surface area contributed by atoms with Gasteiger partial charge in [0.2, 0.25) is 0 Å². The lowest BCUT2D eigenvalue weighted by Gasteiger charge is -2.29. The Hall–Kier alpha value is -2.24. The van der Waals surface area contributed by atoms with Crippen LogP contribution in [0.4, 0.5) is 4.79 Å². The van der Waals surface area contributed by atoms with Crippen molar-refractivity contribution in [3.63, 3.8) is 0 Å². The molecule has 6 heteroatoms. The number of fused-ring (bicyclic) bond motifs is 4. The van der Waals surface area contributed by atoms with Gasteiger partial charge in [-0.1, -0.05) is 30.6 Å². The summed E-state index contributed by atoms with van der Waals surface area (Å²) < 4.78 is 5.70. The van der Waals surface area contributed by atoms with E-state index in [4.69, 9.17) is 9.72 Å². The van der Waals surface area contributed by atoms with Gasteiger partial charge in [-0.15, -0.1) is 0 Å². The van der Waals surface area contributed by atoms with Crippen LogP contribution in [0.1, 0.15) is 69.6 Å². The first kappa shape index (κ1) is 17.8. The van der Waals surface area contributed by atoms with E-state index in [0.29, 0.717) is 17.9 Å². The van der Waals surface area contributed by atoms with Gasteiger partial charge in [0, 0.05) is 11.6 Å². The SMILES string of the molecule is Bc1ccc2c(c1)C(C)Cc1nc([C@@H]3C[C@H]4C[C@H]4N3C(=O)OC(C)(C)C)[nH]c1-2. The first-order valence-corrected chi connectivity index (χ1v) is 10.4. The van der Waals surface area contributed by atoms with Crippen molar-refractivity contribution in [2.75, 3.05) is 0 Å². The number of nitrogens with zero attached hydrogens (tertiary/aromatic N) is 2.